The predicted octanol–water partition coefficient (Wildman–Crippen LogP) is 1.46. The topological polar surface area (TPSA) is 80.4 Å². The molecular formula is C21H22N4O3. The Labute approximate surface area is 162 Å². The first-order chi connectivity index (χ1) is 13.5. The normalized spacial score (nSPS) is 19.1. The van der Waals surface area contributed by atoms with Crippen LogP contribution in [-0.4, -0.2) is 43.4 Å². The number of aryl methyl sites for hydroxylation is 1. The highest BCUT2D eigenvalue weighted by Crippen LogP contribution is 2.31. The van der Waals surface area contributed by atoms with Crippen molar-refractivity contribution < 1.29 is 9.90 Å². The van der Waals surface area contributed by atoms with Gasteiger partial charge in [-0.3, -0.25) is 9.36 Å². The molecule has 4 rings (SSSR count). The van der Waals surface area contributed by atoms with E-state index in [1.54, 1.807) is 24.0 Å². The van der Waals surface area contributed by atoms with Gasteiger partial charge in [-0.25, -0.2) is 4.79 Å². The molecule has 0 aliphatic carbocycles. The van der Waals surface area contributed by atoms with Gasteiger partial charge in [0, 0.05) is 6.54 Å². The lowest BCUT2D eigenvalue weighted by Crippen LogP contribution is -2.38. The molecule has 7 nitrogen and oxygen atoms in total. The number of nitrogens with zero attached hydrogens (tertiary/aromatic N) is 4. The molecule has 1 aromatic heterocycles. The molecule has 0 radical (unpaired) electrons. The van der Waals surface area contributed by atoms with E-state index in [0.29, 0.717) is 24.5 Å². The molecule has 1 fully saturated rings. The third-order valence-electron chi connectivity index (χ3n) is 5.25. The number of likely N-dealkylation sites (tertiary alicyclic amines) is 1. The quantitative estimate of drug-likeness (QED) is 0.745. The second-order valence-electron chi connectivity index (χ2n) is 7.13. The van der Waals surface area contributed by atoms with Gasteiger partial charge in [0.1, 0.15) is 18.0 Å². The molecule has 1 aliphatic rings. The Bertz CT molecular complexity index is 1040. The average Bonchev–Trinajstić information content (AvgIpc) is 3.26. The zero-order valence-electron chi connectivity index (χ0n) is 15.7. The molecule has 3 aromatic rings. The van der Waals surface area contributed by atoms with E-state index in [2.05, 4.69) is 5.10 Å². The van der Waals surface area contributed by atoms with E-state index in [1.807, 2.05) is 48.5 Å². The van der Waals surface area contributed by atoms with Crippen LogP contribution in [0.25, 0.3) is 5.69 Å². The molecule has 7 heteroatoms. The largest absolute Gasteiger partial charge is 0.383 e. The molecule has 0 spiro atoms. The number of para-hydroxylation sites is 1. The summed E-state index contributed by atoms with van der Waals surface area (Å²) in [6.07, 6.45) is 0.472. The van der Waals surface area contributed by atoms with E-state index in [4.69, 9.17) is 0 Å². The molecule has 2 aromatic carbocycles. The Morgan fingerprint density at radius 2 is 1.75 bits per heavy atom. The summed E-state index contributed by atoms with van der Waals surface area (Å²) in [6, 6.07) is 18.5. The monoisotopic (exact) mass is 378 g/mol. The average molecular weight is 378 g/mol. The van der Waals surface area contributed by atoms with Crippen LogP contribution in [-0.2, 0) is 16.9 Å². The minimum absolute atomic E-state index is 0.0949. The fraction of sp³-hybridized carbons (Fsp3) is 0.286. The van der Waals surface area contributed by atoms with Crippen molar-refractivity contribution in [3.05, 3.63) is 82.5 Å². The number of hydrogen-bond acceptors (Lipinski definition) is 4. The molecule has 1 aliphatic heterocycles. The van der Waals surface area contributed by atoms with Gasteiger partial charge in [0.15, 0.2) is 0 Å². The van der Waals surface area contributed by atoms with Crippen LogP contribution in [0.4, 0.5) is 0 Å². The molecule has 28 heavy (non-hydrogen) atoms. The van der Waals surface area contributed by atoms with Crippen LogP contribution in [0.5, 0.6) is 0 Å². The molecule has 1 N–H and O–H groups in total. The van der Waals surface area contributed by atoms with Gasteiger partial charge in [0.2, 0.25) is 5.91 Å². The lowest BCUT2D eigenvalue weighted by Gasteiger charge is -2.24. The van der Waals surface area contributed by atoms with Crippen molar-refractivity contribution in [2.24, 2.45) is 0 Å². The Morgan fingerprint density at radius 1 is 1.11 bits per heavy atom. The Hall–Kier alpha value is -3.19. The van der Waals surface area contributed by atoms with Crippen molar-refractivity contribution >= 4 is 5.91 Å². The molecule has 2 heterocycles. The van der Waals surface area contributed by atoms with Crippen molar-refractivity contribution in [3.63, 3.8) is 0 Å². The SMILES string of the molecule is Cc1nn(-c2ccccc2)c(=O)n1CC(=O)N1CC[C@@](O)(c2ccccc2)C1. The summed E-state index contributed by atoms with van der Waals surface area (Å²) in [4.78, 5) is 27.1. The number of benzene rings is 2. The van der Waals surface area contributed by atoms with Crippen molar-refractivity contribution in [1.82, 2.24) is 19.2 Å². The molecule has 0 saturated carbocycles. The minimum Gasteiger partial charge on any atom is -0.383 e. The zero-order chi connectivity index (χ0) is 19.7. The van der Waals surface area contributed by atoms with Gasteiger partial charge in [-0.05, 0) is 31.0 Å². The van der Waals surface area contributed by atoms with E-state index in [0.717, 1.165) is 5.56 Å². The lowest BCUT2D eigenvalue weighted by molar-refractivity contribution is -0.132. The summed E-state index contributed by atoms with van der Waals surface area (Å²) >= 11 is 0. The van der Waals surface area contributed by atoms with Gasteiger partial charge in [0.05, 0.1) is 12.2 Å². The van der Waals surface area contributed by atoms with Gasteiger partial charge < -0.3 is 10.0 Å². The van der Waals surface area contributed by atoms with Crippen LogP contribution in [0, 0.1) is 6.92 Å². The standard InChI is InChI=1S/C21H22N4O3/c1-16-22-25(18-10-6-3-7-11-18)20(27)24(16)14-19(26)23-13-12-21(28,15-23)17-8-4-2-5-9-17/h2-11,28H,12-15H2,1H3/t21-/m0/s1. The highest BCUT2D eigenvalue weighted by molar-refractivity contribution is 5.76. The van der Waals surface area contributed by atoms with Gasteiger partial charge in [-0.1, -0.05) is 48.5 Å². The van der Waals surface area contributed by atoms with E-state index in [9.17, 15) is 14.7 Å². The van der Waals surface area contributed by atoms with Crippen LogP contribution in [0.1, 0.15) is 17.8 Å². The van der Waals surface area contributed by atoms with E-state index in [1.165, 1.54) is 9.25 Å². The summed E-state index contributed by atoms with van der Waals surface area (Å²) in [5, 5.41) is 15.2. The lowest BCUT2D eigenvalue weighted by atomic mass is 9.93. The van der Waals surface area contributed by atoms with Gasteiger partial charge in [-0.2, -0.15) is 9.78 Å². The third kappa shape index (κ3) is 3.25. The smallest absolute Gasteiger partial charge is 0.351 e. The van der Waals surface area contributed by atoms with E-state index < -0.39 is 5.60 Å². The van der Waals surface area contributed by atoms with Crippen LogP contribution >= 0.6 is 0 Å². The Morgan fingerprint density at radius 3 is 2.43 bits per heavy atom. The summed E-state index contributed by atoms with van der Waals surface area (Å²) in [6.45, 7) is 2.28. The summed E-state index contributed by atoms with van der Waals surface area (Å²) < 4.78 is 2.67. The number of carbonyl (C=O) groups excluding carboxylic acids is 1. The maximum Gasteiger partial charge on any atom is 0.351 e. The molecule has 1 amide bonds. The number of aliphatic hydroxyl groups is 1. The molecule has 0 bridgehead atoms. The first-order valence-corrected chi connectivity index (χ1v) is 9.25. The maximum atomic E-state index is 12.8. The Balaban J connectivity index is 1.52. The van der Waals surface area contributed by atoms with Crippen molar-refractivity contribution in [2.45, 2.75) is 25.5 Å². The predicted molar refractivity (Wildman–Crippen MR) is 104 cm³/mol. The molecule has 144 valence electrons. The van der Waals surface area contributed by atoms with Crippen LogP contribution < -0.4 is 5.69 Å². The van der Waals surface area contributed by atoms with Crippen LogP contribution in [0.15, 0.2) is 65.5 Å². The number of β-amino-alcohol motifs (C(OH)–C–C–N with tert-alkyl or cyclic N) is 1. The fourth-order valence-electron chi connectivity index (χ4n) is 3.64. The van der Waals surface area contributed by atoms with Crippen molar-refractivity contribution in [3.8, 4) is 5.69 Å². The highest BCUT2D eigenvalue weighted by atomic mass is 16.3. The molecular weight excluding hydrogens is 356 g/mol. The number of hydrogen-bond donors (Lipinski definition) is 1. The first-order valence-electron chi connectivity index (χ1n) is 9.25. The van der Waals surface area contributed by atoms with Crippen LogP contribution in [0.3, 0.4) is 0 Å². The van der Waals surface area contributed by atoms with E-state index in [-0.39, 0.29) is 24.7 Å². The van der Waals surface area contributed by atoms with Gasteiger partial charge >= 0.3 is 5.69 Å². The minimum atomic E-state index is -1.05. The number of aromatic nitrogens is 3. The number of amides is 1. The zero-order valence-corrected chi connectivity index (χ0v) is 15.7. The molecule has 1 atom stereocenters. The Kier molecular flexibility index (Phi) is 4.60. The number of rotatable bonds is 4. The summed E-state index contributed by atoms with van der Waals surface area (Å²) in [5.41, 5.74) is 0.0528. The van der Waals surface area contributed by atoms with Gasteiger partial charge in [-0.15, -0.1) is 0 Å². The number of carbonyl (C=O) groups is 1. The molecule has 1 saturated heterocycles. The highest BCUT2D eigenvalue weighted by Gasteiger charge is 2.39. The van der Waals surface area contributed by atoms with Crippen molar-refractivity contribution in [1.29, 1.82) is 0 Å². The van der Waals surface area contributed by atoms with E-state index >= 15 is 0 Å². The fourth-order valence-corrected chi connectivity index (χ4v) is 3.64. The second kappa shape index (κ2) is 7.09. The third-order valence-corrected chi connectivity index (χ3v) is 5.25. The first kappa shape index (κ1) is 18.2. The summed E-state index contributed by atoms with van der Waals surface area (Å²) in [5.74, 6) is 0.268. The maximum absolute atomic E-state index is 12.8. The van der Waals surface area contributed by atoms with Crippen LogP contribution in [0.2, 0.25) is 0 Å². The summed E-state index contributed by atoms with van der Waals surface area (Å²) in [7, 11) is 0. The molecule has 0 unspecified atom stereocenters. The second-order valence-corrected chi connectivity index (χ2v) is 7.13. The van der Waals surface area contributed by atoms with Gasteiger partial charge in [0.25, 0.3) is 0 Å². The van der Waals surface area contributed by atoms with Crippen molar-refractivity contribution in [2.75, 3.05) is 13.1 Å².